The Morgan fingerprint density at radius 1 is 1.08 bits per heavy atom. The molecule has 2 aromatic carbocycles. The van der Waals surface area contributed by atoms with Crippen molar-refractivity contribution < 1.29 is 13.6 Å². The van der Waals surface area contributed by atoms with E-state index in [1.807, 2.05) is 18.0 Å². The quantitative estimate of drug-likeness (QED) is 0.849. The van der Waals surface area contributed by atoms with Gasteiger partial charge < -0.3 is 4.90 Å². The smallest absolute Gasteiger partial charge is 0.223 e. The third kappa shape index (κ3) is 4.42. The third-order valence-corrected chi connectivity index (χ3v) is 4.77. The zero-order valence-corrected chi connectivity index (χ0v) is 14.3. The fourth-order valence-corrected chi connectivity index (χ4v) is 3.25. The minimum atomic E-state index is -0.277. The number of carbonyl (C=O) groups excluding carboxylic acids is 1. The number of aryl methyl sites for hydroxylation is 1. The molecule has 5 heteroatoms. The summed E-state index contributed by atoms with van der Waals surface area (Å²) in [6.45, 7) is 2.04. The van der Waals surface area contributed by atoms with Gasteiger partial charge in [0.15, 0.2) is 0 Å². The van der Waals surface area contributed by atoms with Crippen molar-refractivity contribution in [1.29, 1.82) is 0 Å². The van der Waals surface area contributed by atoms with Gasteiger partial charge in [0.05, 0.1) is 6.04 Å². The summed E-state index contributed by atoms with van der Waals surface area (Å²) in [5.74, 6) is -0.462. The maximum atomic E-state index is 13.2. The minimum Gasteiger partial charge on any atom is -0.339 e. The molecule has 1 unspecified atom stereocenters. The fourth-order valence-electron chi connectivity index (χ4n) is 3.25. The molecule has 1 fully saturated rings. The minimum absolute atomic E-state index is 0.0625. The molecule has 0 bridgehead atoms. The number of rotatable bonds is 4. The topological polar surface area (TPSA) is 23.6 Å². The highest BCUT2D eigenvalue weighted by molar-refractivity contribution is 5.76. The Morgan fingerprint density at radius 2 is 1.84 bits per heavy atom. The van der Waals surface area contributed by atoms with Gasteiger partial charge in [0.25, 0.3) is 0 Å². The van der Waals surface area contributed by atoms with Crippen molar-refractivity contribution in [1.82, 2.24) is 9.80 Å². The van der Waals surface area contributed by atoms with E-state index in [0.717, 1.165) is 17.7 Å². The SMILES string of the molecule is CN1CCN(C(=O)CCc2cccc(F)c2)CC1c1ccc(F)cc1. The molecule has 1 amide bonds. The van der Waals surface area contributed by atoms with Gasteiger partial charge in [-0.2, -0.15) is 0 Å². The van der Waals surface area contributed by atoms with Gasteiger partial charge in [-0.15, -0.1) is 0 Å². The van der Waals surface area contributed by atoms with Crippen LogP contribution in [0.15, 0.2) is 48.5 Å². The molecule has 1 aliphatic rings. The van der Waals surface area contributed by atoms with Crippen LogP contribution in [0, 0.1) is 11.6 Å². The van der Waals surface area contributed by atoms with E-state index in [1.165, 1.54) is 24.3 Å². The van der Waals surface area contributed by atoms with Gasteiger partial charge >= 0.3 is 0 Å². The lowest BCUT2D eigenvalue weighted by atomic mass is 10.0. The number of benzene rings is 2. The molecule has 3 nitrogen and oxygen atoms in total. The van der Waals surface area contributed by atoms with E-state index in [1.54, 1.807) is 18.2 Å². The molecule has 25 heavy (non-hydrogen) atoms. The maximum absolute atomic E-state index is 13.2. The first-order chi connectivity index (χ1) is 12.0. The standard InChI is InChI=1S/C20H22F2N2O/c1-23-11-12-24(14-19(23)16-6-8-17(21)9-7-16)20(25)10-5-15-3-2-4-18(22)13-15/h2-4,6-9,13,19H,5,10-12,14H2,1H3. The Labute approximate surface area is 146 Å². The molecule has 0 radical (unpaired) electrons. The Hall–Kier alpha value is -2.27. The van der Waals surface area contributed by atoms with Crippen LogP contribution in [0.5, 0.6) is 0 Å². The Balaban J connectivity index is 1.62. The van der Waals surface area contributed by atoms with E-state index >= 15 is 0 Å². The Bertz CT molecular complexity index is 733. The van der Waals surface area contributed by atoms with Crippen LogP contribution in [0.1, 0.15) is 23.6 Å². The van der Waals surface area contributed by atoms with Crippen molar-refractivity contribution in [2.45, 2.75) is 18.9 Å². The summed E-state index contributed by atoms with van der Waals surface area (Å²) in [6.07, 6.45) is 0.896. The van der Waals surface area contributed by atoms with Gasteiger partial charge in [-0.1, -0.05) is 24.3 Å². The molecule has 0 N–H and O–H groups in total. The molecular weight excluding hydrogens is 322 g/mol. The number of nitrogens with zero attached hydrogens (tertiary/aromatic N) is 2. The van der Waals surface area contributed by atoms with Crippen molar-refractivity contribution in [2.24, 2.45) is 0 Å². The van der Waals surface area contributed by atoms with Gasteiger partial charge in [-0.25, -0.2) is 8.78 Å². The van der Waals surface area contributed by atoms with Crippen LogP contribution < -0.4 is 0 Å². The van der Waals surface area contributed by atoms with Crippen molar-refractivity contribution in [2.75, 3.05) is 26.7 Å². The average molecular weight is 344 g/mol. The maximum Gasteiger partial charge on any atom is 0.223 e. The van der Waals surface area contributed by atoms with Crippen LogP contribution in [0.25, 0.3) is 0 Å². The highest BCUT2D eigenvalue weighted by atomic mass is 19.1. The van der Waals surface area contributed by atoms with Gasteiger partial charge in [0.2, 0.25) is 5.91 Å². The van der Waals surface area contributed by atoms with Gasteiger partial charge in [-0.05, 0) is 48.9 Å². The predicted molar refractivity (Wildman–Crippen MR) is 93.1 cm³/mol. The molecule has 2 aromatic rings. The summed E-state index contributed by atoms with van der Waals surface area (Å²) >= 11 is 0. The molecule has 0 aromatic heterocycles. The molecule has 1 heterocycles. The van der Waals surface area contributed by atoms with E-state index in [9.17, 15) is 13.6 Å². The lowest BCUT2D eigenvalue weighted by Crippen LogP contribution is -2.49. The number of carbonyl (C=O) groups is 1. The van der Waals surface area contributed by atoms with Crippen LogP contribution in [0.3, 0.4) is 0 Å². The molecule has 1 aliphatic heterocycles. The zero-order chi connectivity index (χ0) is 17.8. The number of amides is 1. The summed E-state index contributed by atoms with van der Waals surface area (Å²) in [5.41, 5.74) is 1.84. The molecule has 1 atom stereocenters. The van der Waals surface area contributed by atoms with Crippen LogP contribution in [0.2, 0.25) is 0 Å². The van der Waals surface area contributed by atoms with Crippen molar-refractivity contribution in [3.05, 3.63) is 71.3 Å². The largest absolute Gasteiger partial charge is 0.339 e. The number of hydrogen-bond acceptors (Lipinski definition) is 2. The first-order valence-electron chi connectivity index (χ1n) is 8.51. The second-order valence-electron chi connectivity index (χ2n) is 6.52. The third-order valence-electron chi connectivity index (χ3n) is 4.77. The first-order valence-corrected chi connectivity index (χ1v) is 8.51. The summed E-state index contributed by atoms with van der Waals surface area (Å²) in [4.78, 5) is 16.6. The number of hydrogen-bond donors (Lipinski definition) is 0. The van der Waals surface area contributed by atoms with E-state index in [4.69, 9.17) is 0 Å². The van der Waals surface area contributed by atoms with Gasteiger partial charge in [-0.3, -0.25) is 9.69 Å². The molecule has 1 saturated heterocycles. The second-order valence-corrected chi connectivity index (χ2v) is 6.52. The van der Waals surface area contributed by atoms with Crippen molar-refractivity contribution >= 4 is 5.91 Å². The fraction of sp³-hybridized carbons (Fsp3) is 0.350. The molecule has 0 spiro atoms. The summed E-state index contributed by atoms with van der Waals surface area (Å²) < 4.78 is 26.4. The van der Waals surface area contributed by atoms with Crippen LogP contribution in [-0.2, 0) is 11.2 Å². The van der Waals surface area contributed by atoms with Crippen LogP contribution in [0.4, 0.5) is 8.78 Å². The zero-order valence-electron chi connectivity index (χ0n) is 14.3. The monoisotopic (exact) mass is 344 g/mol. The molecule has 0 aliphatic carbocycles. The highest BCUT2D eigenvalue weighted by Crippen LogP contribution is 2.24. The van der Waals surface area contributed by atoms with E-state index in [2.05, 4.69) is 4.90 Å². The Morgan fingerprint density at radius 3 is 2.56 bits per heavy atom. The van der Waals surface area contributed by atoms with Crippen LogP contribution in [-0.4, -0.2) is 42.4 Å². The number of halogens is 2. The lowest BCUT2D eigenvalue weighted by Gasteiger charge is -2.39. The van der Waals surface area contributed by atoms with E-state index in [0.29, 0.717) is 25.9 Å². The Kier molecular flexibility index (Phi) is 5.43. The summed E-state index contributed by atoms with van der Waals surface area (Å²) in [5, 5.41) is 0. The molecular formula is C20H22F2N2O. The number of likely N-dealkylation sites (N-methyl/N-ethyl adjacent to an activating group) is 1. The predicted octanol–water partition coefficient (Wildman–Crippen LogP) is 3.41. The molecule has 3 rings (SSSR count). The van der Waals surface area contributed by atoms with Gasteiger partial charge in [0, 0.05) is 26.1 Å². The van der Waals surface area contributed by atoms with E-state index in [-0.39, 0.29) is 23.6 Å². The summed E-state index contributed by atoms with van der Waals surface area (Å²) in [6, 6.07) is 12.9. The lowest BCUT2D eigenvalue weighted by molar-refractivity contribution is -0.134. The normalized spacial score (nSPS) is 18.4. The second kappa shape index (κ2) is 7.74. The molecule has 0 saturated carbocycles. The van der Waals surface area contributed by atoms with Crippen molar-refractivity contribution in [3.63, 3.8) is 0 Å². The van der Waals surface area contributed by atoms with Crippen molar-refractivity contribution in [3.8, 4) is 0 Å². The average Bonchev–Trinajstić information content (AvgIpc) is 2.61. The highest BCUT2D eigenvalue weighted by Gasteiger charge is 2.28. The van der Waals surface area contributed by atoms with E-state index < -0.39 is 0 Å². The molecule has 132 valence electrons. The first kappa shape index (κ1) is 17.5. The van der Waals surface area contributed by atoms with Crippen LogP contribution >= 0.6 is 0 Å². The van der Waals surface area contributed by atoms with Gasteiger partial charge in [0.1, 0.15) is 11.6 Å². The number of piperazine rings is 1. The summed E-state index contributed by atoms with van der Waals surface area (Å²) in [7, 11) is 2.02.